The van der Waals surface area contributed by atoms with E-state index in [-0.39, 0.29) is 11.8 Å². The van der Waals surface area contributed by atoms with Crippen LogP contribution in [-0.4, -0.2) is 40.3 Å². The number of rotatable bonds is 6. The maximum atomic E-state index is 12.9. The van der Waals surface area contributed by atoms with E-state index in [1.54, 1.807) is 18.5 Å². The zero-order chi connectivity index (χ0) is 25.1. The average molecular weight is 498 g/mol. The lowest BCUT2D eigenvalue weighted by atomic mass is 9.99. The van der Waals surface area contributed by atoms with E-state index >= 15 is 0 Å². The largest absolute Gasteiger partial charge is 0.347 e. The zero-order valence-corrected chi connectivity index (χ0v) is 21.1. The van der Waals surface area contributed by atoms with Crippen LogP contribution in [0.4, 0.5) is 5.69 Å². The summed E-state index contributed by atoms with van der Waals surface area (Å²) in [5.41, 5.74) is 6.34. The van der Waals surface area contributed by atoms with Crippen molar-refractivity contribution in [1.82, 2.24) is 20.2 Å². The molecule has 5 rings (SSSR count). The molecule has 0 atom stereocenters. The van der Waals surface area contributed by atoms with E-state index in [0.717, 1.165) is 41.3 Å². The quantitative estimate of drug-likeness (QED) is 0.404. The number of benzene rings is 2. The molecule has 0 spiro atoms. The van der Waals surface area contributed by atoms with Crippen LogP contribution < -0.4 is 10.6 Å². The summed E-state index contributed by atoms with van der Waals surface area (Å²) in [7, 11) is 2.11. The monoisotopic (exact) mass is 497 g/mol. The Kier molecular flexibility index (Phi) is 6.88. The Bertz CT molecular complexity index is 1420. The molecule has 0 saturated carbocycles. The number of pyridine rings is 1. The fraction of sp³-hybridized carbons (Fsp3) is 0.214. The number of thiazole rings is 1. The number of hydrogen-bond donors (Lipinski definition) is 2. The minimum Gasteiger partial charge on any atom is -0.347 e. The summed E-state index contributed by atoms with van der Waals surface area (Å²) in [5, 5.41) is 6.73. The maximum Gasteiger partial charge on any atom is 0.263 e. The highest BCUT2D eigenvalue weighted by atomic mass is 32.1. The molecule has 2 aromatic carbocycles. The Morgan fingerprint density at radius 3 is 2.78 bits per heavy atom. The van der Waals surface area contributed by atoms with Crippen molar-refractivity contribution in [2.24, 2.45) is 0 Å². The molecular weight excluding hydrogens is 470 g/mol. The molecule has 8 heteroatoms. The van der Waals surface area contributed by atoms with E-state index in [1.807, 2.05) is 43.3 Å². The number of nitrogens with zero attached hydrogens (tertiary/aromatic N) is 3. The SMILES string of the molecule is Cc1nc(-c2cccnc2)sc1C(=O)NCc1cccc(C(=O)Nc2ccc3c(c2)CN(C)CC3)c1. The molecule has 0 bridgehead atoms. The van der Waals surface area contributed by atoms with Gasteiger partial charge in [-0.3, -0.25) is 14.6 Å². The van der Waals surface area contributed by atoms with Crippen LogP contribution in [0.15, 0.2) is 67.0 Å². The molecule has 2 aromatic heterocycles. The molecule has 0 aliphatic carbocycles. The van der Waals surface area contributed by atoms with E-state index in [1.165, 1.54) is 22.5 Å². The van der Waals surface area contributed by atoms with E-state index < -0.39 is 0 Å². The standard InChI is InChI=1S/C28H27N5O2S/c1-18-25(36-28(31-18)22-7-4-11-29-16-22)27(35)30-15-19-5-3-6-21(13-19)26(34)32-24-9-8-20-10-12-33(2)17-23(20)14-24/h3-9,11,13-14,16H,10,12,15,17H2,1-2H3,(H,30,35)(H,32,34). The molecule has 3 heterocycles. The van der Waals surface area contributed by atoms with E-state index in [9.17, 15) is 9.59 Å². The summed E-state index contributed by atoms with van der Waals surface area (Å²) in [4.78, 5) is 37.3. The summed E-state index contributed by atoms with van der Waals surface area (Å²) in [6.45, 7) is 4.08. The van der Waals surface area contributed by atoms with Crippen molar-refractivity contribution >= 4 is 28.8 Å². The van der Waals surface area contributed by atoms with Gasteiger partial charge in [-0.05, 0) is 73.5 Å². The van der Waals surface area contributed by atoms with Gasteiger partial charge in [0.2, 0.25) is 0 Å². The highest BCUT2D eigenvalue weighted by Crippen LogP contribution is 2.27. The van der Waals surface area contributed by atoms with Crippen molar-refractivity contribution in [3.63, 3.8) is 0 Å². The second kappa shape index (κ2) is 10.4. The fourth-order valence-electron chi connectivity index (χ4n) is 4.28. The molecule has 0 fully saturated rings. The molecule has 7 nitrogen and oxygen atoms in total. The van der Waals surface area contributed by atoms with Gasteiger partial charge in [0.05, 0.1) is 5.69 Å². The van der Waals surface area contributed by atoms with Gasteiger partial charge in [-0.15, -0.1) is 11.3 Å². The molecule has 1 aliphatic rings. The van der Waals surface area contributed by atoms with Gasteiger partial charge in [-0.2, -0.15) is 0 Å². The Labute approximate surface area is 214 Å². The Hall–Kier alpha value is -3.88. The van der Waals surface area contributed by atoms with Gasteiger partial charge in [0.1, 0.15) is 9.88 Å². The number of nitrogens with one attached hydrogen (secondary N) is 2. The van der Waals surface area contributed by atoms with Gasteiger partial charge >= 0.3 is 0 Å². The van der Waals surface area contributed by atoms with Crippen LogP contribution >= 0.6 is 11.3 Å². The van der Waals surface area contributed by atoms with E-state index in [2.05, 4.69) is 44.7 Å². The second-order valence-corrected chi connectivity index (χ2v) is 9.98. The number of hydrogen-bond acceptors (Lipinski definition) is 6. The van der Waals surface area contributed by atoms with Crippen LogP contribution in [0, 0.1) is 6.92 Å². The lowest BCUT2D eigenvalue weighted by Gasteiger charge is -2.25. The summed E-state index contributed by atoms with van der Waals surface area (Å²) < 4.78 is 0. The van der Waals surface area contributed by atoms with Crippen LogP contribution in [0.25, 0.3) is 10.6 Å². The van der Waals surface area contributed by atoms with Gasteiger partial charge in [0.25, 0.3) is 11.8 Å². The van der Waals surface area contributed by atoms with Gasteiger partial charge in [-0.1, -0.05) is 18.2 Å². The average Bonchev–Trinajstić information content (AvgIpc) is 3.29. The molecule has 36 heavy (non-hydrogen) atoms. The first kappa shape index (κ1) is 23.8. The van der Waals surface area contributed by atoms with Crippen molar-refractivity contribution in [1.29, 1.82) is 0 Å². The summed E-state index contributed by atoms with van der Waals surface area (Å²) in [6, 6.07) is 17.2. The lowest BCUT2D eigenvalue weighted by molar-refractivity contribution is 0.0953. The predicted molar refractivity (Wildman–Crippen MR) is 142 cm³/mol. The molecule has 0 radical (unpaired) electrons. The summed E-state index contributed by atoms with van der Waals surface area (Å²) in [5.74, 6) is -0.360. The van der Waals surface area contributed by atoms with Crippen molar-refractivity contribution in [3.05, 3.63) is 99.8 Å². The first-order valence-electron chi connectivity index (χ1n) is 11.8. The molecular formula is C28H27N5O2S. The third kappa shape index (κ3) is 5.35. The summed E-state index contributed by atoms with van der Waals surface area (Å²) >= 11 is 1.34. The topological polar surface area (TPSA) is 87.2 Å². The third-order valence-electron chi connectivity index (χ3n) is 6.22. The zero-order valence-electron chi connectivity index (χ0n) is 20.2. The van der Waals surface area contributed by atoms with Gasteiger partial charge < -0.3 is 15.5 Å². The number of aromatic nitrogens is 2. The minimum atomic E-state index is -0.186. The Morgan fingerprint density at radius 1 is 1.06 bits per heavy atom. The van der Waals surface area contributed by atoms with E-state index in [0.29, 0.717) is 22.7 Å². The highest BCUT2D eigenvalue weighted by Gasteiger charge is 2.17. The van der Waals surface area contributed by atoms with Gasteiger partial charge in [-0.25, -0.2) is 4.98 Å². The molecule has 2 N–H and O–H groups in total. The Balaban J connectivity index is 1.23. The number of carbonyl (C=O) groups is 2. The Morgan fingerprint density at radius 2 is 1.94 bits per heavy atom. The normalized spacial score (nSPS) is 13.2. The minimum absolute atomic E-state index is 0.174. The second-order valence-electron chi connectivity index (χ2n) is 8.98. The number of amides is 2. The van der Waals surface area contributed by atoms with Crippen LogP contribution in [-0.2, 0) is 19.5 Å². The highest BCUT2D eigenvalue weighted by molar-refractivity contribution is 7.17. The molecule has 1 aliphatic heterocycles. The predicted octanol–water partition coefficient (Wildman–Crippen LogP) is 4.68. The van der Waals surface area contributed by atoms with Crippen molar-refractivity contribution < 1.29 is 9.59 Å². The number of anilines is 1. The number of carbonyl (C=O) groups excluding carboxylic acids is 2. The summed E-state index contributed by atoms with van der Waals surface area (Å²) in [6.07, 6.45) is 4.47. The van der Waals surface area contributed by atoms with Crippen LogP contribution in [0.2, 0.25) is 0 Å². The first-order valence-corrected chi connectivity index (χ1v) is 12.6. The maximum absolute atomic E-state index is 12.9. The first-order chi connectivity index (χ1) is 17.5. The van der Waals surface area contributed by atoms with Crippen molar-refractivity contribution in [3.8, 4) is 10.6 Å². The van der Waals surface area contributed by atoms with Crippen LogP contribution in [0.1, 0.15) is 42.4 Å². The number of aryl methyl sites for hydroxylation is 1. The molecule has 182 valence electrons. The van der Waals surface area contributed by atoms with E-state index in [4.69, 9.17) is 0 Å². The van der Waals surface area contributed by atoms with Crippen molar-refractivity contribution in [2.75, 3.05) is 18.9 Å². The number of likely N-dealkylation sites (N-methyl/N-ethyl adjacent to an activating group) is 1. The van der Waals surface area contributed by atoms with Crippen LogP contribution in [0.3, 0.4) is 0 Å². The fourth-order valence-corrected chi connectivity index (χ4v) is 5.26. The molecule has 2 amide bonds. The molecule has 0 saturated heterocycles. The van der Waals surface area contributed by atoms with Crippen LogP contribution in [0.5, 0.6) is 0 Å². The van der Waals surface area contributed by atoms with Gasteiger partial charge in [0.15, 0.2) is 0 Å². The third-order valence-corrected chi connectivity index (χ3v) is 7.43. The lowest BCUT2D eigenvalue weighted by Crippen LogP contribution is -2.26. The van der Waals surface area contributed by atoms with Gasteiger partial charge in [0, 0.05) is 48.8 Å². The molecule has 0 unspecified atom stereocenters. The molecule has 4 aromatic rings. The smallest absolute Gasteiger partial charge is 0.263 e. The van der Waals surface area contributed by atoms with Crippen molar-refractivity contribution in [2.45, 2.75) is 26.4 Å². The number of fused-ring (bicyclic) bond motifs is 1.